The molecule has 0 saturated carbocycles. The third kappa shape index (κ3) is 4.45. The van der Waals surface area contributed by atoms with Gasteiger partial charge in [-0.1, -0.05) is 78.4 Å². The summed E-state index contributed by atoms with van der Waals surface area (Å²) in [5.41, 5.74) is 4.64. The van der Waals surface area contributed by atoms with Gasteiger partial charge in [0.1, 0.15) is 0 Å². The average Bonchev–Trinajstić information content (AvgIpc) is 2.79. The highest BCUT2D eigenvalue weighted by atomic mass is 32.2. The van der Waals surface area contributed by atoms with Crippen LogP contribution in [0.1, 0.15) is 21.6 Å². The predicted molar refractivity (Wildman–Crippen MR) is 126 cm³/mol. The zero-order chi connectivity index (χ0) is 22.7. The molecule has 6 heteroatoms. The molecule has 3 aromatic carbocycles. The van der Waals surface area contributed by atoms with Crippen molar-refractivity contribution in [2.45, 2.75) is 18.7 Å². The molecule has 0 aliphatic carbocycles. The molecular weight excluding hydrogens is 420 g/mol. The predicted octanol–water partition coefficient (Wildman–Crippen LogP) is 5.15. The highest BCUT2D eigenvalue weighted by molar-refractivity contribution is 7.90. The minimum absolute atomic E-state index is 0.0317. The number of amides is 1. The molecule has 0 fully saturated rings. The van der Waals surface area contributed by atoms with Crippen molar-refractivity contribution in [3.63, 3.8) is 0 Å². The Kier molecular flexibility index (Phi) is 5.88. The number of carbonyl (C=O) groups is 1. The summed E-state index contributed by atoms with van der Waals surface area (Å²) in [5.74, 6) is -0.714. The van der Waals surface area contributed by atoms with Gasteiger partial charge in [-0.25, -0.2) is 13.1 Å². The smallest absolute Gasteiger partial charge is 0.267 e. The lowest BCUT2D eigenvalue weighted by Crippen LogP contribution is -2.31. The molecule has 0 unspecified atom stereocenters. The lowest BCUT2D eigenvalue weighted by Gasteiger charge is -2.15. The Hall–Kier alpha value is -3.77. The number of nitrogens with one attached hydrogen (secondary N) is 1. The Morgan fingerprint density at radius 2 is 1.34 bits per heavy atom. The van der Waals surface area contributed by atoms with E-state index < -0.39 is 15.9 Å². The first kappa shape index (κ1) is 21.5. The first-order valence-electron chi connectivity index (χ1n) is 10.1. The summed E-state index contributed by atoms with van der Waals surface area (Å²) in [6.45, 7) is 3.58. The van der Waals surface area contributed by atoms with E-state index in [1.54, 1.807) is 19.1 Å². The van der Waals surface area contributed by atoms with Crippen LogP contribution in [0, 0.1) is 13.8 Å². The minimum atomic E-state index is -4.03. The number of carbonyl (C=O) groups excluding carboxylic acids is 1. The normalized spacial score (nSPS) is 11.2. The summed E-state index contributed by atoms with van der Waals surface area (Å²) in [4.78, 5) is 17.9. The Morgan fingerprint density at radius 3 is 1.94 bits per heavy atom. The molecule has 0 bridgehead atoms. The van der Waals surface area contributed by atoms with E-state index in [0.29, 0.717) is 17.0 Å². The largest absolute Gasteiger partial charge is 0.268 e. The molecule has 160 valence electrons. The maximum absolute atomic E-state index is 13.2. The Bertz CT molecular complexity index is 1370. The van der Waals surface area contributed by atoms with Crippen LogP contribution in [0.4, 0.5) is 0 Å². The summed E-state index contributed by atoms with van der Waals surface area (Å²) in [5, 5.41) is 0. The standard InChI is InChI=1S/C26H22N2O3S/c1-18-13-15-22(16-14-18)32(30,31)28-26(29)25-19(2)27-24(21-11-7-4-8-12-21)17-23(25)20-9-5-3-6-10-20/h3-17H,1-2H3,(H,28,29). The highest BCUT2D eigenvalue weighted by Gasteiger charge is 2.24. The fraction of sp³-hybridized carbons (Fsp3) is 0.0769. The van der Waals surface area contributed by atoms with E-state index >= 15 is 0 Å². The van der Waals surface area contributed by atoms with Crippen LogP contribution in [-0.2, 0) is 10.0 Å². The molecule has 4 rings (SSSR count). The molecule has 0 atom stereocenters. The number of hydrogen-bond donors (Lipinski definition) is 1. The molecule has 1 N–H and O–H groups in total. The maximum Gasteiger partial charge on any atom is 0.267 e. The van der Waals surface area contributed by atoms with Crippen LogP contribution < -0.4 is 4.72 Å². The monoisotopic (exact) mass is 442 g/mol. The number of hydrogen-bond acceptors (Lipinski definition) is 4. The maximum atomic E-state index is 13.2. The molecule has 0 radical (unpaired) electrons. The van der Waals surface area contributed by atoms with E-state index in [0.717, 1.165) is 16.7 Å². The van der Waals surface area contributed by atoms with Crippen molar-refractivity contribution in [1.82, 2.24) is 9.71 Å². The van der Waals surface area contributed by atoms with E-state index in [9.17, 15) is 13.2 Å². The Labute approximate surface area is 187 Å². The van der Waals surface area contributed by atoms with Crippen molar-refractivity contribution >= 4 is 15.9 Å². The highest BCUT2D eigenvalue weighted by Crippen LogP contribution is 2.30. The lowest BCUT2D eigenvalue weighted by molar-refractivity contribution is 0.0981. The zero-order valence-corrected chi connectivity index (χ0v) is 18.6. The van der Waals surface area contributed by atoms with Crippen LogP contribution in [0.25, 0.3) is 22.4 Å². The molecule has 1 heterocycles. The van der Waals surface area contributed by atoms with Crippen LogP contribution in [-0.4, -0.2) is 19.3 Å². The average molecular weight is 443 g/mol. The van der Waals surface area contributed by atoms with Crippen molar-refractivity contribution in [2.75, 3.05) is 0 Å². The van der Waals surface area contributed by atoms with Crippen LogP contribution >= 0.6 is 0 Å². The van der Waals surface area contributed by atoms with E-state index in [1.807, 2.05) is 73.7 Å². The summed E-state index contributed by atoms with van der Waals surface area (Å²) in [7, 11) is -4.03. The topological polar surface area (TPSA) is 76.1 Å². The second-order valence-electron chi connectivity index (χ2n) is 7.50. The third-order valence-electron chi connectivity index (χ3n) is 5.14. The molecular formula is C26H22N2O3S. The van der Waals surface area contributed by atoms with Gasteiger partial charge in [-0.15, -0.1) is 0 Å². The summed E-state index contributed by atoms with van der Waals surface area (Å²) in [6, 6.07) is 27.2. The molecule has 0 aliphatic heterocycles. The summed E-state index contributed by atoms with van der Waals surface area (Å²) >= 11 is 0. The van der Waals surface area contributed by atoms with Gasteiger partial charge in [0, 0.05) is 5.56 Å². The van der Waals surface area contributed by atoms with Gasteiger partial charge in [-0.2, -0.15) is 0 Å². The summed E-state index contributed by atoms with van der Waals surface area (Å²) in [6.07, 6.45) is 0. The number of benzene rings is 3. The van der Waals surface area contributed by atoms with Crippen molar-refractivity contribution in [1.29, 1.82) is 0 Å². The molecule has 0 spiro atoms. The molecule has 1 aromatic heterocycles. The number of aryl methyl sites for hydroxylation is 2. The van der Waals surface area contributed by atoms with Crippen molar-refractivity contribution in [3.8, 4) is 22.4 Å². The van der Waals surface area contributed by atoms with Crippen LogP contribution in [0.5, 0.6) is 0 Å². The SMILES string of the molecule is Cc1ccc(S(=O)(=O)NC(=O)c2c(-c3ccccc3)cc(-c3ccccc3)nc2C)cc1. The van der Waals surface area contributed by atoms with E-state index in [2.05, 4.69) is 9.71 Å². The second kappa shape index (κ2) is 8.77. The molecule has 0 aliphatic rings. The van der Waals surface area contributed by atoms with Crippen LogP contribution in [0.15, 0.2) is 95.9 Å². The quantitative estimate of drug-likeness (QED) is 0.464. The van der Waals surface area contributed by atoms with Gasteiger partial charge in [0.25, 0.3) is 15.9 Å². The first-order valence-corrected chi connectivity index (χ1v) is 11.6. The van der Waals surface area contributed by atoms with E-state index in [4.69, 9.17) is 0 Å². The molecule has 0 saturated heterocycles. The number of pyridine rings is 1. The van der Waals surface area contributed by atoms with Gasteiger partial charge in [0.2, 0.25) is 0 Å². The number of nitrogens with zero attached hydrogens (tertiary/aromatic N) is 1. The molecule has 32 heavy (non-hydrogen) atoms. The molecule has 4 aromatic rings. The van der Waals surface area contributed by atoms with Crippen molar-refractivity contribution in [3.05, 3.63) is 108 Å². The Balaban J connectivity index is 1.81. The fourth-order valence-electron chi connectivity index (χ4n) is 3.51. The van der Waals surface area contributed by atoms with E-state index in [1.165, 1.54) is 12.1 Å². The lowest BCUT2D eigenvalue weighted by atomic mass is 9.96. The van der Waals surface area contributed by atoms with Gasteiger partial charge in [0.05, 0.1) is 21.8 Å². The number of rotatable bonds is 5. The number of aromatic nitrogens is 1. The zero-order valence-electron chi connectivity index (χ0n) is 17.7. The van der Waals surface area contributed by atoms with Gasteiger partial charge in [-0.3, -0.25) is 9.78 Å². The van der Waals surface area contributed by atoms with Crippen molar-refractivity contribution < 1.29 is 13.2 Å². The van der Waals surface area contributed by atoms with Crippen molar-refractivity contribution in [2.24, 2.45) is 0 Å². The molecule has 1 amide bonds. The van der Waals surface area contributed by atoms with Gasteiger partial charge in [0.15, 0.2) is 0 Å². The molecule has 5 nitrogen and oxygen atoms in total. The van der Waals surface area contributed by atoms with Crippen LogP contribution in [0.2, 0.25) is 0 Å². The van der Waals surface area contributed by atoms with Gasteiger partial charge < -0.3 is 0 Å². The number of sulfonamides is 1. The van der Waals surface area contributed by atoms with Gasteiger partial charge >= 0.3 is 0 Å². The minimum Gasteiger partial charge on any atom is -0.268 e. The Morgan fingerprint density at radius 1 is 0.781 bits per heavy atom. The van der Waals surface area contributed by atoms with Gasteiger partial charge in [-0.05, 0) is 43.2 Å². The van der Waals surface area contributed by atoms with Crippen LogP contribution in [0.3, 0.4) is 0 Å². The van der Waals surface area contributed by atoms with E-state index in [-0.39, 0.29) is 10.5 Å². The third-order valence-corrected chi connectivity index (χ3v) is 6.49. The summed E-state index contributed by atoms with van der Waals surface area (Å²) < 4.78 is 27.9. The fourth-order valence-corrected chi connectivity index (χ4v) is 4.47. The first-order chi connectivity index (χ1) is 15.3. The second-order valence-corrected chi connectivity index (χ2v) is 9.18.